The standard InChI is InChI=1S/C18H17F3N2O3S/c1-26-13-8-6-12(7-9-13)22-16(24)10-27-11-17(25)23-15-5-3-2-4-14(15)18(19,20)21/h2-9H,10-11H2,1H3,(H,22,24)(H,23,25). The topological polar surface area (TPSA) is 67.4 Å². The molecule has 2 rings (SSSR count). The van der Waals surface area contributed by atoms with Gasteiger partial charge >= 0.3 is 6.18 Å². The van der Waals surface area contributed by atoms with E-state index in [9.17, 15) is 22.8 Å². The molecular formula is C18H17F3N2O3S. The highest BCUT2D eigenvalue weighted by atomic mass is 32.2. The number of anilines is 2. The predicted octanol–water partition coefficient (Wildman–Crippen LogP) is 4.02. The van der Waals surface area contributed by atoms with Gasteiger partial charge in [-0.15, -0.1) is 11.8 Å². The normalized spacial score (nSPS) is 11.0. The van der Waals surface area contributed by atoms with Crippen molar-refractivity contribution in [1.29, 1.82) is 0 Å². The van der Waals surface area contributed by atoms with Crippen LogP contribution in [-0.4, -0.2) is 30.4 Å². The third kappa shape index (κ3) is 6.52. The fourth-order valence-electron chi connectivity index (χ4n) is 2.13. The molecule has 9 heteroatoms. The van der Waals surface area contributed by atoms with Crippen molar-refractivity contribution >= 4 is 35.0 Å². The summed E-state index contributed by atoms with van der Waals surface area (Å²) in [6.45, 7) is 0. The lowest BCUT2D eigenvalue weighted by Crippen LogP contribution is -2.20. The molecule has 0 aliphatic heterocycles. The van der Waals surface area contributed by atoms with Gasteiger partial charge in [-0.25, -0.2) is 0 Å². The van der Waals surface area contributed by atoms with Crippen molar-refractivity contribution in [2.45, 2.75) is 6.18 Å². The van der Waals surface area contributed by atoms with E-state index < -0.39 is 17.6 Å². The van der Waals surface area contributed by atoms with Crippen LogP contribution in [0.1, 0.15) is 5.56 Å². The minimum Gasteiger partial charge on any atom is -0.497 e. The molecule has 2 aromatic carbocycles. The Morgan fingerprint density at radius 2 is 1.56 bits per heavy atom. The zero-order valence-electron chi connectivity index (χ0n) is 14.3. The number of hydrogen-bond acceptors (Lipinski definition) is 4. The Labute approximate surface area is 158 Å². The Balaban J connectivity index is 1.80. The lowest BCUT2D eigenvalue weighted by molar-refractivity contribution is -0.137. The number of rotatable bonds is 7. The molecule has 144 valence electrons. The van der Waals surface area contributed by atoms with E-state index in [2.05, 4.69) is 10.6 Å². The summed E-state index contributed by atoms with van der Waals surface area (Å²) in [5, 5.41) is 4.88. The number of carbonyl (C=O) groups is 2. The Hall–Kier alpha value is -2.68. The SMILES string of the molecule is COc1ccc(NC(=O)CSCC(=O)Nc2ccccc2C(F)(F)F)cc1. The first-order chi connectivity index (χ1) is 12.8. The van der Waals surface area contributed by atoms with E-state index >= 15 is 0 Å². The van der Waals surface area contributed by atoms with Gasteiger partial charge in [-0.2, -0.15) is 13.2 Å². The van der Waals surface area contributed by atoms with Gasteiger partial charge in [0.2, 0.25) is 11.8 Å². The molecule has 0 radical (unpaired) electrons. The lowest BCUT2D eigenvalue weighted by Gasteiger charge is -2.13. The van der Waals surface area contributed by atoms with Crippen molar-refractivity contribution < 1.29 is 27.5 Å². The number of hydrogen-bond donors (Lipinski definition) is 2. The molecule has 0 fully saturated rings. The van der Waals surface area contributed by atoms with Crippen molar-refractivity contribution in [1.82, 2.24) is 0 Å². The van der Waals surface area contributed by atoms with Gasteiger partial charge < -0.3 is 15.4 Å². The number of thioether (sulfide) groups is 1. The molecule has 0 saturated carbocycles. The third-order valence-corrected chi connectivity index (χ3v) is 4.28. The second-order valence-corrected chi connectivity index (χ2v) is 6.35. The van der Waals surface area contributed by atoms with Crippen LogP contribution in [0.5, 0.6) is 5.75 Å². The number of halogens is 3. The van der Waals surface area contributed by atoms with E-state index in [1.807, 2.05) is 0 Å². The van der Waals surface area contributed by atoms with Crippen molar-refractivity contribution in [3.8, 4) is 5.75 Å². The predicted molar refractivity (Wildman–Crippen MR) is 99.0 cm³/mol. The summed E-state index contributed by atoms with van der Waals surface area (Å²) in [6.07, 6.45) is -4.56. The summed E-state index contributed by atoms with van der Waals surface area (Å²) in [6, 6.07) is 11.4. The molecule has 0 spiro atoms. The largest absolute Gasteiger partial charge is 0.497 e. The molecule has 2 amide bonds. The molecule has 5 nitrogen and oxygen atoms in total. The molecule has 0 aromatic heterocycles. The summed E-state index contributed by atoms with van der Waals surface area (Å²) in [4.78, 5) is 23.7. The van der Waals surface area contributed by atoms with Crippen LogP contribution in [0.3, 0.4) is 0 Å². The average Bonchev–Trinajstić information content (AvgIpc) is 2.62. The van der Waals surface area contributed by atoms with E-state index in [0.29, 0.717) is 11.4 Å². The maximum absolute atomic E-state index is 12.9. The van der Waals surface area contributed by atoms with Crippen molar-refractivity contribution in [3.05, 3.63) is 54.1 Å². The molecular weight excluding hydrogens is 381 g/mol. The van der Waals surface area contributed by atoms with Gasteiger partial charge in [0, 0.05) is 5.69 Å². The average molecular weight is 398 g/mol. The fraction of sp³-hybridized carbons (Fsp3) is 0.222. The number of nitrogens with one attached hydrogen (secondary N) is 2. The maximum atomic E-state index is 12.9. The van der Waals surface area contributed by atoms with Gasteiger partial charge in [0.1, 0.15) is 5.75 Å². The highest BCUT2D eigenvalue weighted by Crippen LogP contribution is 2.34. The lowest BCUT2D eigenvalue weighted by atomic mass is 10.1. The highest BCUT2D eigenvalue weighted by Gasteiger charge is 2.33. The highest BCUT2D eigenvalue weighted by molar-refractivity contribution is 8.00. The minimum absolute atomic E-state index is 0.0135. The van der Waals surface area contributed by atoms with Crippen LogP contribution < -0.4 is 15.4 Å². The summed E-state index contributed by atoms with van der Waals surface area (Å²) < 4.78 is 43.7. The summed E-state index contributed by atoms with van der Waals surface area (Å²) in [5.74, 6) is -0.455. The molecule has 0 heterocycles. The van der Waals surface area contributed by atoms with Crippen LogP contribution in [-0.2, 0) is 15.8 Å². The van der Waals surface area contributed by atoms with Gasteiger partial charge in [0.25, 0.3) is 0 Å². The Bertz CT molecular complexity index is 795. The molecule has 2 aromatic rings. The number of ether oxygens (including phenoxy) is 1. The van der Waals surface area contributed by atoms with Gasteiger partial charge in [0.05, 0.1) is 29.9 Å². The van der Waals surface area contributed by atoms with Crippen molar-refractivity contribution in [3.63, 3.8) is 0 Å². The molecule has 0 bridgehead atoms. The monoisotopic (exact) mass is 398 g/mol. The van der Waals surface area contributed by atoms with Gasteiger partial charge in [-0.05, 0) is 36.4 Å². The molecule has 0 saturated heterocycles. The van der Waals surface area contributed by atoms with E-state index in [0.717, 1.165) is 17.8 Å². The van der Waals surface area contributed by atoms with Crippen LogP contribution >= 0.6 is 11.8 Å². The summed E-state index contributed by atoms with van der Waals surface area (Å²) in [7, 11) is 1.53. The van der Waals surface area contributed by atoms with Crippen LogP contribution in [0.25, 0.3) is 0 Å². The first kappa shape index (κ1) is 20.6. The molecule has 0 aliphatic carbocycles. The minimum atomic E-state index is -4.56. The Morgan fingerprint density at radius 1 is 0.963 bits per heavy atom. The molecule has 0 atom stereocenters. The van der Waals surface area contributed by atoms with Crippen LogP contribution in [0.2, 0.25) is 0 Å². The Kier molecular flexibility index (Phi) is 7.12. The number of amides is 2. The smallest absolute Gasteiger partial charge is 0.418 e. The Morgan fingerprint density at radius 3 is 2.15 bits per heavy atom. The van der Waals surface area contributed by atoms with E-state index in [-0.39, 0.29) is 23.1 Å². The van der Waals surface area contributed by atoms with Crippen LogP contribution in [0, 0.1) is 0 Å². The fourth-order valence-corrected chi connectivity index (χ4v) is 2.75. The van der Waals surface area contributed by atoms with Gasteiger partial charge in [-0.3, -0.25) is 9.59 Å². The zero-order valence-corrected chi connectivity index (χ0v) is 15.1. The van der Waals surface area contributed by atoms with E-state index in [1.54, 1.807) is 24.3 Å². The van der Waals surface area contributed by atoms with E-state index in [1.165, 1.54) is 25.3 Å². The van der Waals surface area contributed by atoms with E-state index in [4.69, 9.17) is 4.74 Å². The zero-order chi connectivity index (χ0) is 19.9. The first-order valence-electron chi connectivity index (χ1n) is 7.77. The molecule has 0 aliphatic rings. The molecule has 2 N–H and O–H groups in total. The number of benzene rings is 2. The first-order valence-corrected chi connectivity index (χ1v) is 8.93. The summed E-state index contributed by atoms with van der Waals surface area (Å²) in [5.41, 5.74) is -0.649. The molecule has 0 unspecified atom stereocenters. The number of alkyl halides is 3. The number of para-hydroxylation sites is 1. The number of methoxy groups -OCH3 is 1. The quantitative estimate of drug-likeness (QED) is 0.739. The second kappa shape index (κ2) is 9.31. The summed E-state index contributed by atoms with van der Waals surface area (Å²) >= 11 is 0.999. The van der Waals surface area contributed by atoms with Crippen molar-refractivity contribution in [2.24, 2.45) is 0 Å². The van der Waals surface area contributed by atoms with Gasteiger partial charge in [-0.1, -0.05) is 12.1 Å². The molecule has 27 heavy (non-hydrogen) atoms. The van der Waals surface area contributed by atoms with Crippen LogP contribution in [0.15, 0.2) is 48.5 Å². The number of carbonyl (C=O) groups excluding carboxylic acids is 2. The maximum Gasteiger partial charge on any atom is 0.418 e. The third-order valence-electron chi connectivity index (χ3n) is 3.35. The van der Waals surface area contributed by atoms with Gasteiger partial charge in [0.15, 0.2) is 0 Å². The van der Waals surface area contributed by atoms with Crippen molar-refractivity contribution in [2.75, 3.05) is 29.2 Å². The second-order valence-electron chi connectivity index (χ2n) is 5.36. The van der Waals surface area contributed by atoms with Crippen LogP contribution in [0.4, 0.5) is 24.5 Å².